The van der Waals surface area contributed by atoms with Crippen molar-refractivity contribution in [3.05, 3.63) is 84.9 Å². The average Bonchev–Trinajstić information content (AvgIpc) is 3.27. The van der Waals surface area contributed by atoms with Gasteiger partial charge in [0, 0.05) is 10.6 Å². The highest BCUT2D eigenvalue weighted by atomic mass is 32.2. The summed E-state index contributed by atoms with van der Waals surface area (Å²) in [6.07, 6.45) is 0.607. The van der Waals surface area contributed by atoms with Crippen molar-refractivity contribution < 1.29 is 19.1 Å². The van der Waals surface area contributed by atoms with Crippen molar-refractivity contribution >= 4 is 46.7 Å². The monoisotopic (exact) mass is 502 g/mol. The highest BCUT2D eigenvalue weighted by Gasteiger charge is 2.28. The third kappa shape index (κ3) is 6.73. The number of amidine groups is 1. The van der Waals surface area contributed by atoms with Gasteiger partial charge in [-0.25, -0.2) is 0 Å². The molecule has 3 aromatic rings. The number of benzene rings is 3. The van der Waals surface area contributed by atoms with Crippen LogP contribution in [0.5, 0.6) is 5.75 Å². The van der Waals surface area contributed by atoms with Crippen LogP contribution in [0.2, 0.25) is 0 Å². The van der Waals surface area contributed by atoms with Crippen LogP contribution in [0.4, 0.5) is 11.4 Å². The Bertz CT molecular complexity index is 1250. The van der Waals surface area contributed by atoms with Gasteiger partial charge in [-0.2, -0.15) is 10.1 Å². The van der Waals surface area contributed by atoms with Gasteiger partial charge in [0.15, 0.2) is 6.61 Å². The first-order valence-corrected chi connectivity index (χ1v) is 12.4. The van der Waals surface area contributed by atoms with E-state index in [1.165, 1.54) is 16.8 Å². The fourth-order valence-electron chi connectivity index (χ4n) is 3.49. The summed E-state index contributed by atoms with van der Waals surface area (Å²) >= 11 is 1.38. The second-order valence-electron chi connectivity index (χ2n) is 7.95. The second-order valence-corrected chi connectivity index (χ2v) is 9.22. The molecule has 0 saturated carbocycles. The highest BCUT2D eigenvalue weighted by molar-refractivity contribution is 8.00. The summed E-state index contributed by atoms with van der Waals surface area (Å²) in [4.78, 5) is 38.4. The van der Waals surface area contributed by atoms with Crippen molar-refractivity contribution in [3.63, 3.8) is 0 Å². The largest absolute Gasteiger partial charge is 0.484 e. The Balaban J connectivity index is 1.33. The molecule has 184 valence electrons. The van der Waals surface area contributed by atoms with Crippen LogP contribution in [-0.2, 0) is 14.4 Å². The second kappa shape index (κ2) is 12.0. The zero-order valence-corrected chi connectivity index (χ0v) is 20.5. The van der Waals surface area contributed by atoms with Crippen LogP contribution < -0.4 is 20.4 Å². The lowest BCUT2D eigenvalue weighted by Gasteiger charge is -2.15. The molecular weight excluding hydrogens is 476 g/mol. The fourth-order valence-corrected chi connectivity index (χ4v) is 4.50. The number of hydrogen-bond acceptors (Lipinski definition) is 6. The lowest BCUT2D eigenvalue weighted by Crippen LogP contribution is -2.36. The first-order chi connectivity index (χ1) is 17.5. The van der Waals surface area contributed by atoms with Crippen molar-refractivity contribution in [1.29, 1.82) is 0 Å². The van der Waals surface area contributed by atoms with E-state index in [9.17, 15) is 14.4 Å². The third-order valence-electron chi connectivity index (χ3n) is 5.22. The van der Waals surface area contributed by atoms with Gasteiger partial charge in [0.2, 0.25) is 5.91 Å². The normalized spacial score (nSPS) is 13.6. The predicted octanol–water partition coefficient (Wildman–Crippen LogP) is 4.44. The van der Waals surface area contributed by atoms with E-state index in [0.717, 1.165) is 4.90 Å². The molecule has 1 atom stereocenters. The molecule has 3 amide bonds. The molecule has 3 aromatic carbocycles. The van der Waals surface area contributed by atoms with Gasteiger partial charge in [0.05, 0.1) is 17.4 Å². The van der Waals surface area contributed by atoms with Gasteiger partial charge in [-0.1, -0.05) is 49.4 Å². The zero-order chi connectivity index (χ0) is 25.3. The van der Waals surface area contributed by atoms with Crippen molar-refractivity contribution in [2.75, 3.05) is 16.9 Å². The molecule has 4 rings (SSSR count). The number of anilines is 2. The third-order valence-corrected chi connectivity index (χ3v) is 6.57. The molecule has 0 aliphatic carbocycles. The maximum absolute atomic E-state index is 12.9. The number of thioether (sulfide) groups is 1. The Morgan fingerprint density at radius 2 is 1.72 bits per heavy atom. The van der Waals surface area contributed by atoms with Crippen LogP contribution in [0.15, 0.2) is 94.9 Å². The number of nitrogens with one attached hydrogen (secondary N) is 2. The van der Waals surface area contributed by atoms with E-state index in [2.05, 4.69) is 15.7 Å². The van der Waals surface area contributed by atoms with Crippen molar-refractivity contribution in [2.45, 2.75) is 29.9 Å². The SMILES string of the molecule is CCC(Sc1cccc(NC(=O)COc2ccccc2)c1)C(=O)NC1=NN(c2ccccc2)C(=O)C1. The summed E-state index contributed by atoms with van der Waals surface area (Å²) in [5.41, 5.74) is 1.27. The fraction of sp³-hybridized carbons (Fsp3) is 0.185. The molecular formula is C27H26N4O4S. The minimum atomic E-state index is -0.402. The summed E-state index contributed by atoms with van der Waals surface area (Å²) < 4.78 is 5.48. The van der Waals surface area contributed by atoms with Gasteiger partial charge in [-0.15, -0.1) is 11.8 Å². The Kier molecular flexibility index (Phi) is 8.36. The maximum Gasteiger partial charge on any atom is 0.262 e. The minimum absolute atomic E-state index is 0.0360. The number of ether oxygens (including phenoxy) is 1. The molecule has 0 saturated heterocycles. The Morgan fingerprint density at radius 1 is 1.00 bits per heavy atom. The Morgan fingerprint density at radius 3 is 2.44 bits per heavy atom. The van der Waals surface area contributed by atoms with Crippen LogP contribution in [0.3, 0.4) is 0 Å². The number of carbonyl (C=O) groups excluding carboxylic acids is 3. The van der Waals surface area contributed by atoms with E-state index in [-0.39, 0.29) is 30.7 Å². The van der Waals surface area contributed by atoms with E-state index in [0.29, 0.717) is 29.4 Å². The molecule has 0 fully saturated rings. The maximum atomic E-state index is 12.9. The van der Waals surface area contributed by atoms with Crippen LogP contribution in [0, 0.1) is 0 Å². The number of carbonyl (C=O) groups is 3. The van der Waals surface area contributed by atoms with Gasteiger partial charge in [0.25, 0.3) is 11.8 Å². The molecule has 8 nitrogen and oxygen atoms in total. The van der Waals surface area contributed by atoms with E-state index in [4.69, 9.17) is 4.74 Å². The van der Waals surface area contributed by atoms with Gasteiger partial charge >= 0.3 is 0 Å². The quantitative estimate of drug-likeness (QED) is 0.422. The van der Waals surface area contributed by atoms with Crippen molar-refractivity contribution in [2.24, 2.45) is 5.10 Å². The molecule has 1 heterocycles. The molecule has 1 aliphatic rings. The first-order valence-electron chi connectivity index (χ1n) is 11.5. The minimum Gasteiger partial charge on any atom is -0.484 e. The summed E-state index contributed by atoms with van der Waals surface area (Å²) in [5.74, 6) is 0.241. The van der Waals surface area contributed by atoms with E-state index < -0.39 is 5.25 Å². The molecule has 0 aromatic heterocycles. The molecule has 1 unspecified atom stereocenters. The average molecular weight is 503 g/mol. The van der Waals surface area contributed by atoms with Gasteiger partial charge < -0.3 is 15.4 Å². The molecule has 0 spiro atoms. The highest BCUT2D eigenvalue weighted by Crippen LogP contribution is 2.28. The lowest BCUT2D eigenvalue weighted by molar-refractivity contribution is -0.119. The summed E-state index contributed by atoms with van der Waals surface area (Å²) in [6.45, 7) is 1.81. The van der Waals surface area contributed by atoms with Gasteiger partial charge in [-0.05, 0) is 48.9 Å². The van der Waals surface area contributed by atoms with Crippen LogP contribution in [0.1, 0.15) is 19.8 Å². The number of hydrogen-bond donors (Lipinski definition) is 2. The van der Waals surface area contributed by atoms with Crippen LogP contribution >= 0.6 is 11.8 Å². The number of amides is 3. The van der Waals surface area contributed by atoms with Gasteiger partial charge in [0.1, 0.15) is 11.6 Å². The molecule has 2 N–H and O–H groups in total. The lowest BCUT2D eigenvalue weighted by atomic mass is 10.3. The molecule has 0 radical (unpaired) electrons. The summed E-state index contributed by atoms with van der Waals surface area (Å²) in [7, 11) is 0. The Labute approximate surface area is 213 Å². The first kappa shape index (κ1) is 25.0. The van der Waals surface area contributed by atoms with E-state index in [1.807, 2.05) is 61.5 Å². The molecule has 9 heteroatoms. The standard InChI is InChI=1S/C27H26N4O4S/c1-2-23(27(34)29-24-17-26(33)31(30-24)20-11-5-3-6-12-20)36-22-15-9-10-19(16-22)28-25(32)18-35-21-13-7-4-8-14-21/h3-16,23H,2,17-18H2,1H3,(H,28,32)(H,29,30,34). The predicted molar refractivity (Wildman–Crippen MR) is 141 cm³/mol. The number of nitrogens with zero attached hydrogens (tertiary/aromatic N) is 2. The smallest absolute Gasteiger partial charge is 0.262 e. The van der Waals surface area contributed by atoms with E-state index >= 15 is 0 Å². The number of hydrazone groups is 1. The number of rotatable bonds is 9. The molecule has 1 aliphatic heterocycles. The number of para-hydroxylation sites is 2. The summed E-state index contributed by atoms with van der Waals surface area (Å²) in [5, 5.41) is 10.8. The summed E-state index contributed by atoms with van der Waals surface area (Å²) in [6, 6.07) is 25.5. The van der Waals surface area contributed by atoms with Crippen molar-refractivity contribution in [3.8, 4) is 5.75 Å². The molecule has 0 bridgehead atoms. The Hall–Kier alpha value is -4.11. The van der Waals surface area contributed by atoms with E-state index in [1.54, 1.807) is 30.3 Å². The van der Waals surface area contributed by atoms with Crippen molar-refractivity contribution in [1.82, 2.24) is 5.32 Å². The van der Waals surface area contributed by atoms with Crippen LogP contribution in [0.25, 0.3) is 0 Å². The van der Waals surface area contributed by atoms with Gasteiger partial charge in [-0.3, -0.25) is 14.4 Å². The molecule has 36 heavy (non-hydrogen) atoms. The zero-order valence-electron chi connectivity index (χ0n) is 19.7. The van der Waals surface area contributed by atoms with Crippen LogP contribution in [-0.4, -0.2) is 35.4 Å². The topological polar surface area (TPSA) is 100 Å².